The number of hydrogen-bond donors (Lipinski definition) is 2. The van der Waals surface area contributed by atoms with Crippen molar-refractivity contribution >= 4 is 5.91 Å². The molecule has 0 atom stereocenters. The number of pyridine rings is 1. The van der Waals surface area contributed by atoms with Crippen LogP contribution in [-0.2, 0) is 0 Å². The average molecular weight is 238 g/mol. The van der Waals surface area contributed by atoms with Crippen LogP contribution in [-0.4, -0.2) is 28.1 Å². The maximum absolute atomic E-state index is 12.7. The van der Waals surface area contributed by atoms with Gasteiger partial charge in [0.25, 0.3) is 5.91 Å². The van der Waals surface area contributed by atoms with Gasteiger partial charge in [0.1, 0.15) is 11.5 Å². The van der Waals surface area contributed by atoms with Gasteiger partial charge < -0.3 is 10.4 Å². The minimum atomic E-state index is -0.521. The molecular weight excluding hydrogens is 223 g/mol. The van der Waals surface area contributed by atoms with E-state index in [9.17, 15) is 14.3 Å². The quantitative estimate of drug-likeness (QED) is 0.833. The largest absolute Gasteiger partial charge is 0.394 e. The number of nitrogens with zero attached hydrogens (tertiary/aromatic N) is 1. The number of nitrogens with one attached hydrogen (secondary N) is 1. The third-order valence-electron chi connectivity index (χ3n) is 3.20. The van der Waals surface area contributed by atoms with Crippen LogP contribution in [0, 0.1) is 5.82 Å². The second kappa shape index (κ2) is 4.79. The van der Waals surface area contributed by atoms with E-state index < -0.39 is 11.4 Å². The van der Waals surface area contributed by atoms with Crippen LogP contribution in [0.4, 0.5) is 4.39 Å². The number of rotatable bonds is 3. The van der Waals surface area contributed by atoms with Crippen LogP contribution < -0.4 is 5.32 Å². The molecule has 5 heteroatoms. The first-order valence-corrected chi connectivity index (χ1v) is 5.70. The highest BCUT2D eigenvalue weighted by molar-refractivity contribution is 5.92. The summed E-state index contributed by atoms with van der Waals surface area (Å²) in [6, 6.07) is 2.53. The topological polar surface area (TPSA) is 62.2 Å². The molecule has 1 aliphatic rings. The Morgan fingerprint density at radius 1 is 1.47 bits per heavy atom. The zero-order valence-electron chi connectivity index (χ0n) is 9.45. The molecule has 2 N–H and O–H groups in total. The molecule has 92 valence electrons. The summed E-state index contributed by atoms with van der Waals surface area (Å²) in [5.41, 5.74) is -0.348. The number of amides is 1. The van der Waals surface area contributed by atoms with E-state index in [1.165, 1.54) is 12.1 Å². The van der Waals surface area contributed by atoms with Crippen LogP contribution in [0.1, 0.15) is 36.2 Å². The highest BCUT2D eigenvalue weighted by Crippen LogP contribution is 2.29. The zero-order valence-corrected chi connectivity index (χ0v) is 9.45. The van der Waals surface area contributed by atoms with Crippen molar-refractivity contribution in [1.29, 1.82) is 0 Å². The third kappa shape index (κ3) is 2.61. The van der Waals surface area contributed by atoms with Crippen molar-refractivity contribution in [2.75, 3.05) is 6.61 Å². The summed E-state index contributed by atoms with van der Waals surface area (Å²) >= 11 is 0. The van der Waals surface area contributed by atoms with Crippen molar-refractivity contribution in [2.45, 2.75) is 31.2 Å². The molecule has 1 aliphatic carbocycles. The van der Waals surface area contributed by atoms with Crippen LogP contribution in [0.25, 0.3) is 0 Å². The highest BCUT2D eigenvalue weighted by atomic mass is 19.1. The summed E-state index contributed by atoms with van der Waals surface area (Å²) in [7, 11) is 0. The Hall–Kier alpha value is -1.49. The Balaban J connectivity index is 2.08. The molecule has 0 aromatic carbocycles. The Morgan fingerprint density at radius 2 is 2.18 bits per heavy atom. The Kier molecular flexibility index (Phi) is 3.38. The molecule has 1 amide bonds. The van der Waals surface area contributed by atoms with E-state index in [1.54, 1.807) is 0 Å². The second-order valence-electron chi connectivity index (χ2n) is 4.46. The van der Waals surface area contributed by atoms with Crippen molar-refractivity contribution < 1.29 is 14.3 Å². The number of hydrogen-bond acceptors (Lipinski definition) is 3. The van der Waals surface area contributed by atoms with Crippen molar-refractivity contribution in [3.8, 4) is 0 Å². The Morgan fingerprint density at radius 3 is 2.71 bits per heavy atom. The van der Waals surface area contributed by atoms with Gasteiger partial charge in [-0.3, -0.25) is 4.79 Å². The van der Waals surface area contributed by atoms with Gasteiger partial charge in [-0.1, -0.05) is 12.8 Å². The molecule has 2 rings (SSSR count). The summed E-state index contributed by atoms with van der Waals surface area (Å²) < 4.78 is 12.7. The summed E-state index contributed by atoms with van der Waals surface area (Å²) in [4.78, 5) is 15.6. The second-order valence-corrected chi connectivity index (χ2v) is 4.46. The van der Waals surface area contributed by atoms with Gasteiger partial charge in [-0.2, -0.15) is 0 Å². The lowest BCUT2D eigenvalue weighted by Gasteiger charge is -2.27. The fourth-order valence-electron chi connectivity index (χ4n) is 2.19. The fraction of sp³-hybridized carbons (Fsp3) is 0.500. The molecule has 0 unspecified atom stereocenters. The molecule has 1 aromatic rings. The van der Waals surface area contributed by atoms with Crippen molar-refractivity contribution in [3.05, 3.63) is 29.8 Å². The normalized spacial score (nSPS) is 18.0. The number of carbonyl (C=O) groups is 1. The molecule has 1 fully saturated rings. The van der Waals surface area contributed by atoms with E-state index in [0.717, 1.165) is 31.9 Å². The number of aliphatic hydroxyl groups excluding tert-OH is 1. The molecule has 0 spiro atoms. The van der Waals surface area contributed by atoms with Gasteiger partial charge >= 0.3 is 0 Å². The Bertz CT molecular complexity index is 399. The van der Waals surface area contributed by atoms with Gasteiger partial charge in [0.2, 0.25) is 0 Å². The monoisotopic (exact) mass is 238 g/mol. The lowest BCUT2D eigenvalue weighted by molar-refractivity contribution is 0.0833. The Labute approximate surface area is 98.9 Å². The van der Waals surface area contributed by atoms with Crippen molar-refractivity contribution in [1.82, 2.24) is 10.3 Å². The molecule has 0 bridgehead atoms. The summed E-state index contributed by atoms with van der Waals surface area (Å²) in [5, 5.41) is 12.2. The number of carbonyl (C=O) groups excluding carboxylic acids is 1. The predicted octanol–water partition coefficient (Wildman–Crippen LogP) is 1.26. The molecular formula is C12H15FN2O2. The first kappa shape index (κ1) is 12.0. The van der Waals surface area contributed by atoms with Crippen LogP contribution in [0.5, 0.6) is 0 Å². The van der Waals surface area contributed by atoms with Crippen LogP contribution in [0.2, 0.25) is 0 Å². The molecule has 0 aliphatic heterocycles. The fourth-order valence-corrected chi connectivity index (χ4v) is 2.19. The lowest BCUT2D eigenvalue weighted by atomic mass is 9.98. The average Bonchev–Trinajstić information content (AvgIpc) is 2.79. The number of aliphatic hydroxyl groups is 1. The van der Waals surface area contributed by atoms with Crippen LogP contribution in [0.3, 0.4) is 0 Å². The number of aromatic nitrogens is 1. The van der Waals surface area contributed by atoms with Crippen LogP contribution >= 0.6 is 0 Å². The van der Waals surface area contributed by atoms with E-state index in [-0.39, 0.29) is 18.2 Å². The lowest BCUT2D eigenvalue weighted by Crippen LogP contribution is -2.49. The van der Waals surface area contributed by atoms with Gasteiger partial charge in [-0.05, 0) is 25.0 Å². The smallest absolute Gasteiger partial charge is 0.270 e. The van der Waals surface area contributed by atoms with Crippen molar-refractivity contribution in [2.24, 2.45) is 0 Å². The molecule has 1 aromatic heterocycles. The minimum Gasteiger partial charge on any atom is -0.394 e. The molecule has 4 nitrogen and oxygen atoms in total. The van der Waals surface area contributed by atoms with E-state index in [4.69, 9.17) is 0 Å². The maximum Gasteiger partial charge on any atom is 0.270 e. The predicted molar refractivity (Wildman–Crippen MR) is 59.9 cm³/mol. The minimum absolute atomic E-state index is 0.0695. The molecule has 1 heterocycles. The van der Waals surface area contributed by atoms with E-state index in [1.807, 2.05) is 0 Å². The van der Waals surface area contributed by atoms with Gasteiger partial charge in [0.15, 0.2) is 0 Å². The highest BCUT2D eigenvalue weighted by Gasteiger charge is 2.34. The van der Waals surface area contributed by atoms with Gasteiger partial charge in [-0.15, -0.1) is 0 Å². The maximum atomic E-state index is 12.7. The summed E-state index contributed by atoms with van der Waals surface area (Å²) in [5.74, 6) is -0.833. The summed E-state index contributed by atoms with van der Waals surface area (Å²) in [6.07, 6.45) is 4.55. The SMILES string of the molecule is O=C(NC1(CO)CCCC1)c1ccc(F)cn1. The van der Waals surface area contributed by atoms with E-state index in [0.29, 0.717) is 0 Å². The van der Waals surface area contributed by atoms with Gasteiger partial charge in [0, 0.05) is 0 Å². The molecule has 0 radical (unpaired) electrons. The third-order valence-corrected chi connectivity index (χ3v) is 3.20. The molecule has 0 saturated heterocycles. The van der Waals surface area contributed by atoms with E-state index >= 15 is 0 Å². The number of halogens is 1. The van der Waals surface area contributed by atoms with Crippen LogP contribution in [0.15, 0.2) is 18.3 Å². The van der Waals surface area contributed by atoms with Gasteiger partial charge in [-0.25, -0.2) is 9.37 Å². The zero-order chi connectivity index (χ0) is 12.3. The van der Waals surface area contributed by atoms with Crippen molar-refractivity contribution in [3.63, 3.8) is 0 Å². The standard InChI is InChI=1S/C12H15FN2O2/c13-9-3-4-10(14-7-9)11(17)15-12(8-16)5-1-2-6-12/h3-4,7,16H,1-2,5-6,8H2,(H,15,17). The molecule has 17 heavy (non-hydrogen) atoms. The van der Waals surface area contributed by atoms with Gasteiger partial charge in [0.05, 0.1) is 18.3 Å². The first-order valence-electron chi connectivity index (χ1n) is 5.70. The first-order chi connectivity index (χ1) is 8.15. The summed E-state index contributed by atoms with van der Waals surface area (Å²) in [6.45, 7) is -0.0695. The molecule has 1 saturated carbocycles. The van der Waals surface area contributed by atoms with E-state index in [2.05, 4.69) is 10.3 Å².